The molecule has 0 radical (unpaired) electrons. The number of nitrogens with two attached hydrogens (primary N) is 1. The average Bonchev–Trinajstić information content (AvgIpc) is 2.02. The molecule has 0 atom stereocenters. The van der Waals surface area contributed by atoms with E-state index in [4.69, 9.17) is 5.73 Å². The predicted molar refractivity (Wildman–Crippen MR) is 53.0 cm³/mol. The van der Waals surface area contributed by atoms with Crippen LogP contribution in [0.3, 0.4) is 0 Å². The molecule has 1 rings (SSSR count). The zero-order valence-electron chi connectivity index (χ0n) is 6.58. The number of halogens is 3. The summed E-state index contributed by atoms with van der Waals surface area (Å²) in [5, 5.41) is 10.4. The monoisotopic (exact) mass is 315 g/mol. The number of rotatable bonds is 2. The molecule has 0 aliphatic carbocycles. The summed E-state index contributed by atoms with van der Waals surface area (Å²) >= 11 is 1.61. The van der Waals surface area contributed by atoms with Crippen LogP contribution in [0, 0.1) is 13.7 Å². The van der Waals surface area contributed by atoms with E-state index in [0.717, 1.165) is 6.07 Å². The minimum absolute atomic E-state index is 0.134. The van der Waals surface area contributed by atoms with Gasteiger partial charge < -0.3 is 15.8 Å². The minimum Gasteiger partial charge on any atom is -0.395 e. The summed E-state index contributed by atoms with van der Waals surface area (Å²) in [6.07, 6.45) is -2.91. The molecule has 5 nitrogen and oxygen atoms in total. The van der Waals surface area contributed by atoms with Gasteiger partial charge >= 0.3 is 12.2 Å². The molecule has 0 fully saturated rings. The minimum atomic E-state index is -2.91. The fourth-order valence-electron chi connectivity index (χ4n) is 0.810. The highest BCUT2D eigenvalue weighted by Crippen LogP contribution is 2.28. The summed E-state index contributed by atoms with van der Waals surface area (Å²) < 4.78 is 24.6. The van der Waals surface area contributed by atoms with Gasteiger partial charge in [0, 0.05) is 0 Å². The van der Waals surface area contributed by atoms with Crippen molar-refractivity contribution in [1.29, 1.82) is 0 Å². The summed E-state index contributed by atoms with van der Waals surface area (Å²) in [6.45, 7) is 0. The average molecular weight is 315 g/mol. The van der Waals surface area contributed by atoms with Crippen LogP contribution in [0.2, 0.25) is 0 Å². The van der Waals surface area contributed by atoms with Gasteiger partial charge in [0.05, 0.1) is 5.69 Å². The molecule has 0 bridgehead atoms. The normalized spacial score (nSPS) is 10.6. The molecule has 0 aliphatic heterocycles. The number of nitrogen functional groups attached to an aromatic ring is 1. The fourth-order valence-corrected chi connectivity index (χ4v) is 1.46. The molecule has 1 aromatic heterocycles. The SMILES string of the molecule is Nc1cc(I)c([N+](=O)[O-])nc1C(F)F. The smallest absolute Gasteiger partial charge is 0.377 e. The third-order valence-electron chi connectivity index (χ3n) is 1.40. The first-order valence-electron chi connectivity index (χ1n) is 3.32. The van der Waals surface area contributed by atoms with E-state index in [1.165, 1.54) is 0 Å². The van der Waals surface area contributed by atoms with Gasteiger partial charge in [-0.15, -0.1) is 0 Å². The lowest BCUT2D eigenvalue weighted by Crippen LogP contribution is -2.04. The summed E-state index contributed by atoms with van der Waals surface area (Å²) in [7, 11) is 0. The first-order chi connectivity index (χ1) is 6.43. The third-order valence-corrected chi connectivity index (χ3v) is 2.19. The molecular formula is C6H4F2IN3O2. The Kier molecular flexibility index (Phi) is 3.13. The van der Waals surface area contributed by atoms with Crippen LogP contribution in [0.5, 0.6) is 0 Å². The number of nitro groups is 1. The summed E-state index contributed by atoms with van der Waals surface area (Å²) in [5.41, 5.74) is 4.23. The van der Waals surface area contributed by atoms with Gasteiger partial charge in [0.1, 0.15) is 3.57 Å². The zero-order chi connectivity index (χ0) is 10.9. The molecule has 0 saturated heterocycles. The fraction of sp³-hybridized carbons (Fsp3) is 0.167. The molecule has 1 aromatic rings. The molecule has 0 aromatic carbocycles. The Balaban J connectivity index is 3.34. The lowest BCUT2D eigenvalue weighted by Gasteiger charge is -2.01. The van der Waals surface area contributed by atoms with Crippen LogP contribution in [0.25, 0.3) is 0 Å². The second kappa shape index (κ2) is 3.98. The molecular weight excluding hydrogens is 311 g/mol. The van der Waals surface area contributed by atoms with E-state index >= 15 is 0 Å². The quantitative estimate of drug-likeness (QED) is 0.515. The van der Waals surface area contributed by atoms with E-state index < -0.39 is 22.9 Å². The van der Waals surface area contributed by atoms with Crippen molar-refractivity contribution in [1.82, 2.24) is 4.98 Å². The summed E-state index contributed by atoms with van der Waals surface area (Å²) in [6, 6.07) is 1.10. The molecule has 2 N–H and O–H groups in total. The Morgan fingerprint density at radius 3 is 2.64 bits per heavy atom. The Morgan fingerprint density at radius 1 is 1.64 bits per heavy atom. The Labute approximate surface area is 90.6 Å². The first-order valence-corrected chi connectivity index (χ1v) is 4.39. The van der Waals surface area contributed by atoms with E-state index in [-0.39, 0.29) is 9.26 Å². The van der Waals surface area contributed by atoms with Gasteiger partial charge in [-0.25, -0.2) is 8.78 Å². The molecule has 14 heavy (non-hydrogen) atoms. The number of pyridine rings is 1. The number of aromatic nitrogens is 1. The number of hydrogen-bond acceptors (Lipinski definition) is 4. The lowest BCUT2D eigenvalue weighted by molar-refractivity contribution is -0.390. The number of nitrogens with zero attached hydrogens (tertiary/aromatic N) is 2. The van der Waals surface area contributed by atoms with E-state index in [9.17, 15) is 18.9 Å². The molecule has 0 saturated carbocycles. The van der Waals surface area contributed by atoms with Crippen molar-refractivity contribution in [3.8, 4) is 0 Å². The molecule has 8 heteroatoms. The van der Waals surface area contributed by atoms with Crippen molar-refractivity contribution in [2.45, 2.75) is 6.43 Å². The largest absolute Gasteiger partial charge is 0.395 e. The second-order valence-electron chi connectivity index (χ2n) is 2.33. The van der Waals surface area contributed by atoms with Gasteiger partial charge in [-0.2, -0.15) is 0 Å². The molecule has 0 spiro atoms. The maximum Gasteiger partial charge on any atom is 0.377 e. The zero-order valence-corrected chi connectivity index (χ0v) is 8.73. The van der Waals surface area contributed by atoms with Crippen LogP contribution >= 0.6 is 22.6 Å². The van der Waals surface area contributed by atoms with Crippen molar-refractivity contribution in [3.63, 3.8) is 0 Å². The third kappa shape index (κ3) is 2.05. The van der Waals surface area contributed by atoms with Crippen LogP contribution in [0.15, 0.2) is 6.07 Å². The highest BCUT2D eigenvalue weighted by molar-refractivity contribution is 14.1. The topological polar surface area (TPSA) is 82.0 Å². The highest BCUT2D eigenvalue weighted by Gasteiger charge is 2.25. The van der Waals surface area contributed by atoms with Gasteiger partial charge in [0.25, 0.3) is 0 Å². The second-order valence-corrected chi connectivity index (χ2v) is 3.49. The molecule has 0 unspecified atom stereocenters. The van der Waals surface area contributed by atoms with Crippen molar-refractivity contribution in [2.24, 2.45) is 0 Å². The number of anilines is 1. The number of alkyl halides is 2. The maximum absolute atomic E-state index is 12.2. The Morgan fingerprint density at radius 2 is 2.21 bits per heavy atom. The van der Waals surface area contributed by atoms with Crippen molar-refractivity contribution in [3.05, 3.63) is 25.4 Å². The molecule has 0 aliphatic rings. The van der Waals surface area contributed by atoms with Gasteiger partial charge in [0.15, 0.2) is 0 Å². The van der Waals surface area contributed by atoms with E-state index in [0.29, 0.717) is 0 Å². The van der Waals surface area contributed by atoms with Gasteiger partial charge in [-0.1, -0.05) is 0 Å². The van der Waals surface area contributed by atoms with Gasteiger partial charge in [-0.3, -0.25) is 0 Å². The van der Waals surface area contributed by atoms with Crippen molar-refractivity contribution >= 4 is 34.1 Å². The van der Waals surface area contributed by atoms with Crippen molar-refractivity contribution < 1.29 is 13.7 Å². The maximum atomic E-state index is 12.2. The van der Waals surface area contributed by atoms with Crippen LogP contribution in [0.4, 0.5) is 20.3 Å². The summed E-state index contributed by atoms with van der Waals surface area (Å²) in [5.74, 6) is -0.602. The predicted octanol–water partition coefficient (Wildman–Crippen LogP) is 2.11. The van der Waals surface area contributed by atoms with Crippen LogP contribution < -0.4 is 5.73 Å². The van der Waals surface area contributed by atoms with E-state index in [1.807, 2.05) is 0 Å². The van der Waals surface area contributed by atoms with E-state index in [2.05, 4.69) is 4.98 Å². The Bertz CT molecular complexity index is 386. The van der Waals surface area contributed by atoms with E-state index in [1.54, 1.807) is 22.6 Å². The standard InChI is InChI=1S/C6H4F2IN3O2/c7-5(8)4-3(10)1-2(9)6(11-4)12(13)14/h1,5H,10H2. The van der Waals surface area contributed by atoms with Crippen LogP contribution in [-0.4, -0.2) is 9.91 Å². The van der Waals surface area contributed by atoms with Gasteiger partial charge in [0.2, 0.25) is 5.69 Å². The Hall–Kier alpha value is -1.06. The summed E-state index contributed by atoms with van der Waals surface area (Å²) in [4.78, 5) is 12.7. The van der Waals surface area contributed by atoms with Crippen LogP contribution in [-0.2, 0) is 0 Å². The first kappa shape index (κ1) is 11.0. The lowest BCUT2D eigenvalue weighted by atomic mass is 10.3. The van der Waals surface area contributed by atoms with Gasteiger partial charge in [-0.05, 0) is 38.6 Å². The molecule has 0 amide bonds. The van der Waals surface area contributed by atoms with Crippen molar-refractivity contribution in [2.75, 3.05) is 5.73 Å². The molecule has 1 heterocycles. The molecule has 76 valence electrons. The highest BCUT2D eigenvalue weighted by atomic mass is 127. The van der Waals surface area contributed by atoms with Crippen LogP contribution in [0.1, 0.15) is 12.1 Å². The number of hydrogen-bond donors (Lipinski definition) is 1.